The molecule has 0 radical (unpaired) electrons. The summed E-state index contributed by atoms with van der Waals surface area (Å²) >= 11 is 0. The first-order valence-electron chi connectivity index (χ1n) is 6.58. The number of para-hydroxylation sites is 1. The predicted molar refractivity (Wildman–Crippen MR) is 76.2 cm³/mol. The Hall–Kier alpha value is -1.72. The van der Waals surface area contributed by atoms with E-state index >= 15 is 0 Å². The molecule has 0 saturated heterocycles. The van der Waals surface area contributed by atoms with Crippen LogP contribution in [0, 0.1) is 0 Å². The molecule has 0 saturated carbocycles. The maximum atomic E-state index is 4.45. The number of aromatic nitrogens is 3. The van der Waals surface area contributed by atoms with Crippen molar-refractivity contribution in [3.05, 3.63) is 42.2 Å². The van der Waals surface area contributed by atoms with E-state index in [1.54, 1.807) is 4.80 Å². The first-order valence-corrected chi connectivity index (χ1v) is 6.58. The Morgan fingerprint density at radius 1 is 1.21 bits per heavy atom. The maximum Gasteiger partial charge on any atom is 0.0969 e. The molecule has 5 heteroatoms. The first kappa shape index (κ1) is 13.7. The summed E-state index contributed by atoms with van der Waals surface area (Å²) in [4.78, 5) is 3.85. The highest BCUT2D eigenvalue weighted by Crippen LogP contribution is 2.03. The van der Waals surface area contributed by atoms with E-state index in [0.29, 0.717) is 0 Å². The molecule has 0 aliphatic rings. The number of hydrogen-bond donors (Lipinski definition) is 1. The van der Waals surface area contributed by atoms with E-state index < -0.39 is 0 Å². The van der Waals surface area contributed by atoms with E-state index in [-0.39, 0.29) is 0 Å². The number of hydrogen-bond acceptors (Lipinski definition) is 4. The Balaban J connectivity index is 1.78. The fraction of sp³-hybridized carbons (Fsp3) is 0.429. The van der Waals surface area contributed by atoms with Gasteiger partial charge in [0.25, 0.3) is 0 Å². The summed E-state index contributed by atoms with van der Waals surface area (Å²) in [6.45, 7) is 2.86. The molecule has 0 aliphatic heterocycles. The first-order chi connectivity index (χ1) is 9.25. The molecule has 5 nitrogen and oxygen atoms in total. The number of nitrogens with zero attached hydrogens (tertiary/aromatic N) is 4. The van der Waals surface area contributed by atoms with Crippen molar-refractivity contribution in [1.29, 1.82) is 0 Å². The van der Waals surface area contributed by atoms with Gasteiger partial charge in [-0.25, -0.2) is 0 Å². The van der Waals surface area contributed by atoms with Crippen LogP contribution < -0.4 is 5.32 Å². The molecule has 2 rings (SSSR count). The molecule has 0 amide bonds. The normalized spacial score (nSPS) is 11.1. The maximum absolute atomic E-state index is 4.45. The largest absolute Gasteiger partial charge is 0.311 e. The molecular formula is C14H21N5. The topological polar surface area (TPSA) is 46.0 Å². The lowest BCUT2D eigenvalue weighted by Crippen LogP contribution is -2.21. The Labute approximate surface area is 114 Å². The third-order valence-electron chi connectivity index (χ3n) is 2.79. The van der Waals surface area contributed by atoms with Gasteiger partial charge in [0.05, 0.1) is 17.6 Å². The van der Waals surface area contributed by atoms with Crippen LogP contribution in [0.5, 0.6) is 0 Å². The van der Waals surface area contributed by atoms with Crippen molar-refractivity contribution in [2.45, 2.75) is 13.0 Å². The molecule has 1 heterocycles. The average Bonchev–Trinajstić information content (AvgIpc) is 2.88. The monoisotopic (exact) mass is 259 g/mol. The van der Waals surface area contributed by atoms with Crippen molar-refractivity contribution >= 4 is 0 Å². The highest BCUT2D eigenvalue weighted by atomic mass is 15.5. The van der Waals surface area contributed by atoms with Gasteiger partial charge in [-0.3, -0.25) is 0 Å². The van der Waals surface area contributed by atoms with Gasteiger partial charge in [-0.1, -0.05) is 18.2 Å². The molecule has 1 aromatic carbocycles. The van der Waals surface area contributed by atoms with Gasteiger partial charge in [0.15, 0.2) is 0 Å². The standard InChI is InChI=1S/C14H21N5/c1-18(2)10-6-9-15-11-13-12-16-19(17-13)14-7-4-3-5-8-14/h3-5,7-8,12,15H,6,9-11H2,1-2H3. The molecule has 102 valence electrons. The smallest absolute Gasteiger partial charge is 0.0969 e. The molecule has 0 aliphatic carbocycles. The molecule has 2 aromatic rings. The lowest BCUT2D eigenvalue weighted by molar-refractivity contribution is 0.394. The summed E-state index contributed by atoms with van der Waals surface area (Å²) in [5.41, 5.74) is 1.95. The number of benzene rings is 1. The summed E-state index contributed by atoms with van der Waals surface area (Å²) < 4.78 is 0. The molecule has 0 fully saturated rings. The molecule has 1 N–H and O–H groups in total. The van der Waals surface area contributed by atoms with Crippen molar-refractivity contribution in [2.75, 3.05) is 27.2 Å². The van der Waals surface area contributed by atoms with Crippen molar-refractivity contribution in [3.63, 3.8) is 0 Å². The fourth-order valence-electron chi connectivity index (χ4n) is 1.80. The zero-order valence-corrected chi connectivity index (χ0v) is 11.6. The van der Waals surface area contributed by atoms with E-state index in [2.05, 4.69) is 34.5 Å². The number of rotatable bonds is 7. The SMILES string of the molecule is CN(C)CCCNCc1cnn(-c2ccccc2)n1. The predicted octanol–water partition coefficient (Wildman–Crippen LogP) is 1.31. The molecule has 0 unspecified atom stereocenters. The second-order valence-corrected chi connectivity index (χ2v) is 4.79. The van der Waals surface area contributed by atoms with Gasteiger partial charge in [-0.15, -0.1) is 0 Å². The van der Waals surface area contributed by atoms with E-state index in [1.807, 2.05) is 36.5 Å². The van der Waals surface area contributed by atoms with Crippen LogP contribution in [0.25, 0.3) is 5.69 Å². The lowest BCUT2D eigenvalue weighted by atomic mass is 10.3. The van der Waals surface area contributed by atoms with Crippen molar-refractivity contribution in [2.24, 2.45) is 0 Å². The fourth-order valence-corrected chi connectivity index (χ4v) is 1.80. The molecular weight excluding hydrogens is 238 g/mol. The molecule has 0 atom stereocenters. The zero-order chi connectivity index (χ0) is 13.5. The minimum atomic E-state index is 0.764. The van der Waals surface area contributed by atoms with Crippen LogP contribution in [0.4, 0.5) is 0 Å². The molecule has 1 aromatic heterocycles. The summed E-state index contributed by atoms with van der Waals surface area (Å²) in [5.74, 6) is 0. The Morgan fingerprint density at radius 3 is 2.74 bits per heavy atom. The van der Waals surface area contributed by atoms with Crippen LogP contribution in [-0.2, 0) is 6.54 Å². The molecule has 0 spiro atoms. The molecule has 19 heavy (non-hydrogen) atoms. The van der Waals surface area contributed by atoms with E-state index in [9.17, 15) is 0 Å². The Bertz CT molecular complexity index is 478. The number of nitrogens with one attached hydrogen (secondary N) is 1. The Kier molecular flexibility index (Phi) is 5.06. The van der Waals surface area contributed by atoms with Crippen LogP contribution >= 0.6 is 0 Å². The van der Waals surface area contributed by atoms with E-state index in [0.717, 1.165) is 37.4 Å². The minimum Gasteiger partial charge on any atom is -0.311 e. The van der Waals surface area contributed by atoms with Crippen molar-refractivity contribution in [3.8, 4) is 5.69 Å². The summed E-state index contributed by atoms with van der Waals surface area (Å²) in [5, 5.41) is 12.1. The van der Waals surface area contributed by atoms with Gasteiger partial charge in [0, 0.05) is 6.54 Å². The highest BCUT2D eigenvalue weighted by Gasteiger charge is 2.01. The van der Waals surface area contributed by atoms with E-state index in [1.165, 1.54) is 0 Å². The summed E-state index contributed by atoms with van der Waals surface area (Å²) in [7, 11) is 4.18. The van der Waals surface area contributed by atoms with Gasteiger partial charge < -0.3 is 10.2 Å². The van der Waals surface area contributed by atoms with Crippen LogP contribution in [0.1, 0.15) is 12.1 Å². The van der Waals surface area contributed by atoms with Gasteiger partial charge in [0.1, 0.15) is 0 Å². The van der Waals surface area contributed by atoms with Gasteiger partial charge in [-0.2, -0.15) is 15.0 Å². The van der Waals surface area contributed by atoms with Crippen LogP contribution in [0.3, 0.4) is 0 Å². The quantitative estimate of drug-likeness (QED) is 0.762. The van der Waals surface area contributed by atoms with Gasteiger partial charge in [-0.05, 0) is 45.7 Å². The summed E-state index contributed by atoms with van der Waals surface area (Å²) in [6.07, 6.45) is 2.95. The second-order valence-electron chi connectivity index (χ2n) is 4.79. The Morgan fingerprint density at radius 2 is 2.00 bits per heavy atom. The van der Waals surface area contributed by atoms with Crippen molar-refractivity contribution in [1.82, 2.24) is 25.2 Å². The summed E-state index contributed by atoms with van der Waals surface area (Å²) in [6, 6.07) is 9.94. The van der Waals surface area contributed by atoms with Crippen LogP contribution in [-0.4, -0.2) is 47.1 Å². The third kappa shape index (κ3) is 4.46. The minimum absolute atomic E-state index is 0.764. The van der Waals surface area contributed by atoms with Gasteiger partial charge >= 0.3 is 0 Å². The van der Waals surface area contributed by atoms with E-state index in [4.69, 9.17) is 0 Å². The highest BCUT2D eigenvalue weighted by molar-refractivity contribution is 5.28. The third-order valence-corrected chi connectivity index (χ3v) is 2.79. The molecule has 0 bridgehead atoms. The van der Waals surface area contributed by atoms with Crippen LogP contribution in [0.2, 0.25) is 0 Å². The zero-order valence-electron chi connectivity index (χ0n) is 11.6. The average molecular weight is 259 g/mol. The van der Waals surface area contributed by atoms with Crippen LogP contribution in [0.15, 0.2) is 36.5 Å². The van der Waals surface area contributed by atoms with Crippen molar-refractivity contribution < 1.29 is 0 Å². The lowest BCUT2D eigenvalue weighted by Gasteiger charge is -2.08. The second kappa shape index (κ2) is 7.01. The van der Waals surface area contributed by atoms with Gasteiger partial charge in [0.2, 0.25) is 0 Å².